The number of hydrogen-bond donors (Lipinski definition) is 2. The Morgan fingerprint density at radius 2 is 1.84 bits per heavy atom. The third-order valence-corrected chi connectivity index (χ3v) is 8.45. The number of rotatable bonds is 9. The van der Waals surface area contributed by atoms with Crippen molar-refractivity contribution in [2.24, 2.45) is 0 Å². The fraction of sp³-hybridized carbons (Fsp3) is 0.455. The molecule has 0 radical (unpaired) electrons. The van der Waals surface area contributed by atoms with E-state index in [1.54, 1.807) is 23.0 Å². The molecule has 0 bridgehead atoms. The number of likely N-dealkylation sites (N-methyl/N-ethyl adjacent to an activating group) is 1. The zero-order chi connectivity index (χ0) is 30.5. The molecule has 1 unspecified atom stereocenters. The molecule has 2 aliphatic rings. The zero-order valence-electron chi connectivity index (χ0n) is 25.8. The van der Waals surface area contributed by atoms with Crippen molar-refractivity contribution in [3.8, 4) is 12.0 Å². The Morgan fingerprint density at radius 3 is 2.57 bits per heavy atom. The van der Waals surface area contributed by atoms with Gasteiger partial charge in [-0.15, -0.1) is 0 Å². The Morgan fingerprint density at radius 1 is 1.07 bits per heavy atom. The SMILES string of the molecule is CCN(C#Cc1cc2cnc(Nc3ccc(NC4CCN(C)C4)cc3)nc2n(Cc2ccnn2C2CCOCC2)c1=O)CC. The van der Waals surface area contributed by atoms with Crippen LogP contribution in [0.25, 0.3) is 11.0 Å². The first-order valence-electron chi connectivity index (χ1n) is 15.6. The van der Waals surface area contributed by atoms with Gasteiger partial charge in [-0.1, -0.05) is 0 Å². The monoisotopic (exact) mass is 595 g/mol. The average molecular weight is 596 g/mol. The van der Waals surface area contributed by atoms with Gasteiger partial charge in [-0.2, -0.15) is 10.1 Å². The summed E-state index contributed by atoms with van der Waals surface area (Å²) in [5, 5.41) is 12.3. The van der Waals surface area contributed by atoms with Crippen molar-refractivity contribution in [2.75, 3.05) is 57.1 Å². The number of nitrogens with zero attached hydrogens (tertiary/aromatic N) is 7. The molecule has 5 heterocycles. The Labute approximate surface area is 258 Å². The first-order valence-corrected chi connectivity index (χ1v) is 15.6. The highest BCUT2D eigenvalue weighted by atomic mass is 16.5. The van der Waals surface area contributed by atoms with E-state index in [9.17, 15) is 4.79 Å². The highest BCUT2D eigenvalue weighted by molar-refractivity contribution is 5.77. The van der Waals surface area contributed by atoms with E-state index in [-0.39, 0.29) is 11.6 Å². The van der Waals surface area contributed by atoms with E-state index in [1.165, 1.54) is 0 Å². The topological polar surface area (TPSA) is 105 Å². The van der Waals surface area contributed by atoms with Gasteiger partial charge in [0.2, 0.25) is 5.95 Å². The van der Waals surface area contributed by atoms with E-state index in [2.05, 4.69) is 70.6 Å². The van der Waals surface area contributed by atoms with Crippen LogP contribution in [0.15, 0.2) is 53.6 Å². The maximum Gasteiger partial charge on any atom is 0.268 e. The minimum absolute atomic E-state index is 0.186. The van der Waals surface area contributed by atoms with Crippen molar-refractivity contribution < 1.29 is 4.74 Å². The maximum atomic E-state index is 14.0. The molecule has 11 nitrogen and oxygen atoms in total. The molecule has 6 rings (SSSR count). The summed E-state index contributed by atoms with van der Waals surface area (Å²) in [7, 11) is 2.15. The van der Waals surface area contributed by atoms with Crippen LogP contribution in [-0.4, -0.2) is 86.6 Å². The lowest BCUT2D eigenvalue weighted by molar-refractivity contribution is 0.0653. The van der Waals surface area contributed by atoms with E-state index in [0.29, 0.717) is 43.0 Å². The summed E-state index contributed by atoms with van der Waals surface area (Å²) in [6.45, 7) is 9.56. The van der Waals surface area contributed by atoms with E-state index >= 15 is 0 Å². The molecular weight excluding hydrogens is 554 g/mol. The van der Waals surface area contributed by atoms with Crippen molar-refractivity contribution in [3.63, 3.8) is 0 Å². The molecule has 11 heteroatoms. The second kappa shape index (κ2) is 13.5. The summed E-state index contributed by atoms with van der Waals surface area (Å²) in [6, 6.07) is 15.8. The van der Waals surface area contributed by atoms with Crippen LogP contribution < -0.4 is 16.2 Å². The van der Waals surface area contributed by atoms with Gasteiger partial charge < -0.3 is 25.2 Å². The maximum absolute atomic E-state index is 14.0. The number of nitrogens with one attached hydrogen (secondary N) is 2. The third kappa shape index (κ3) is 6.72. The standard InChI is InChI=1S/C33H41N9O2/c1-4-40(5-2)17-11-24-20-25-21-34-33(37-27-8-6-26(7-9-27)36-28-12-16-39(3)22-28)38-31(25)41(32(24)43)23-30-10-15-35-42(30)29-13-18-44-19-14-29/h6-10,15,20-21,28-29,36H,4-5,12-14,16,18-19,22-23H2,1-3H3,(H,34,37,38). The Bertz CT molecular complexity index is 1690. The molecule has 2 saturated heterocycles. The summed E-state index contributed by atoms with van der Waals surface area (Å²) in [5.74, 6) is 3.54. The van der Waals surface area contributed by atoms with Crippen LogP contribution >= 0.6 is 0 Å². The van der Waals surface area contributed by atoms with Gasteiger partial charge in [0, 0.05) is 74.1 Å². The number of anilines is 3. The smallest absolute Gasteiger partial charge is 0.268 e. The van der Waals surface area contributed by atoms with Gasteiger partial charge in [-0.05, 0) is 89.0 Å². The third-order valence-electron chi connectivity index (χ3n) is 8.45. The fourth-order valence-corrected chi connectivity index (χ4v) is 5.93. The number of fused-ring (bicyclic) bond motifs is 1. The molecule has 2 fully saturated rings. The van der Waals surface area contributed by atoms with Crippen molar-refractivity contribution in [1.82, 2.24) is 34.1 Å². The van der Waals surface area contributed by atoms with Gasteiger partial charge in [0.1, 0.15) is 5.65 Å². The molecule has 1 atom stereocenters. The van der Waals surface area contributed by atoms with Gasteiger partial charge in [0.25, 0.3) is 5.56 Å². The Balaban J connectivity index is 1.32. The normalized spacial score (nSPS) is 17.4. The van der Waals surface area contributed by atoms with Gasteiger partial charge in [-0.25, -0.2) is 4.98 Å². The Kier molecular flexibility index (Phi) is 9.09. The minimum Gasteiger partial charge on any atom is -0.381 e. The number of benzene rings is 1. The molecular formula is C33H41N9O2. The lowest BCUT2D eigenvalue weighted by Crippen LogP contribution is -2.28. The van der Waals surface area contributed by atoms with Crippen molar-refractivity contribution >= 4 is 28.4 Å². The predicted molar refractivity (Wildman–Crippen MR) is 173 cm³/mol. The van der Waals surface area contributed by atoms with Crippen LogP contribution in [0.5, 0.6) is 0 Å². The Hall–Kier alpha value is -4.40. The average Bonchev–Trinajstić information content (AvgIpc) is 3.69. The summed E-state index contributed by atoms with van der Waals surface area (Å²) in [5.41, 5.74) is 3.68. The molecule has 1 aromatic carbocycles. The van der Waals surface area contributed by atoms with Crippen LogP contribution in [0.1, 0.15) is 50.4 Å². The summed E-state index contributed by atoms with van der Waals surface area (Å²) in [4.78, 5) is 27.7. The quantitative estimate of drug-likeness (QED) is 0.220. The number of ether oxygens (including phenoxy) is 1. The van der Waals surface area contributed by atoms with Crippen molar-refractivity contribution in [2.45, 2.75) is 51.7 Å². The lowest BCUT2D eigenvalue weighted by atomic mass is 10.1. The summed E-state index contributed by atoms with van der Waals surface area (Å²) in [6.07, 6.45) is 6.48. The molecule has 4 aromatic rings. The zero-order valence-corrected chi connectivity index (χ0v) is 25.8. The highest BCUT2D eigenvalue weighted by Crippen LogP contribution is 2.24. The van der Waals surface area contributed by atoms with E-state index in [4.69, 9.17) is 9.72 Å². The molecule has 0 aliphatic carbocycles. The fourth-order valence-electron chi connectivity index (χ4n) is 5.93. The first-order chi connectivity index (χ1) is 21.5. The van der Waals surface area contributed by atoms with Crippen LogP contribution in [0, 0.1) is 12.0 Å². The van der Waals surface area contributed by atoms with Crippen LogP contribution in [0.4, 0.5) is 17.3 Å². The minimum atomic E-state index is -0.186. The van der Waals surface area contributed by atoms with Gasteiger partial charge in [-0.3, -0.25) is 14.0 Å². The molecule has 3 aromatic heterocycles. The number of aromatic nitrogens is 5. The summed E-state index contributed by atoms with van der Waals surface area (Å²) < 4.78 is 9.31. The first kappa shape index (κ1) is 29.7. The predicted octanol–water partition coefficient (Wildman–Crippen LogP) is 3.90. The summed E-state index contributed by atoms with van der Waals surface area (Å²) >= 11 is 0. The van der Waals surface area contributed by atoms with Gasteiger partial charge >= 0.3 is 0 Å². The van der Waals surface area contributed by atoms with Crippen LogP contribution in [0.3, 0.4) is 0 Å². The van der Waals surface area contributed by atoms with E-state index in [0.717, 1.165) is 67.9 Å². The highest BCUT2D eigenvalue weighted by Gasteiger charge is 2.21. The molecule has 0 spiro atoms. The number of pyridine rings is 1. The molecule has 230 valence electrons. The molecule has 2 N–H and O–H groups in total. The molecule has 0 amide bonds. The largest absolute Gasteiger partial charge is 0.381 e. The number of hydrogen-bond acceptors (Lipinski definition) is 9. The molecule has 44 heavy (non-hydrogen) atoms. The van der Waals surface area contributed by atoms with Crippen LogP contribution in [-0.2, 0) is 11.3 Å². The number of likely N-dealkylation sites (tertiary alicyclic amines) is 1. The van der Waals surface area contributed by atoms with Crippen molar-refractivity contribution in [1.29, 1.82) is 0 Å². The second-order valence-electron chi connectivity index (χ2n) is 11.5. The van der Waals surface area contributed by atoms with Gasteiger partial charge in [0.05, 0.1) is 23.8 Å². The van der Waals surface area contributed by atoms with Crippen molar-refractivity contribution in [3.05, 3.63) is 70.4 Å². The molecule has 0 saturated carbocycles. The second-order valence-corrected chi connectivity index (χ2v) is 11.5. The van der Waals surface area contributed by atoms with E-state index in [1.807, 2.05) is 27.8 Å². The molecule has 2 aliphatic heterocycles. The van der Waals surface area contributed by atoms with E-state index < -0.39 is 0 Å². The lowest BCUT2D eigenvalue weighted by Gasteiger charge is -2.24. The van der Waals surface area contributed by atoms with Crippen LogP contribution in [0.2, 0.25) is 0 Å². The van der Waals surface area contributed by atoms with Gasteiger partial charge in [0.15, 0.2) is 0 Å².